The topological polar surface area (TPSA) is 71.5 Å². The predicted molar refractivity (Wildman–Crippen MR) is 55.8 cm³/mol. The van der Waals surface area contributed by atoms with Crippen molar-refractivity contribution in [2.45, 2.75) is 19.8 Å². The van der Waals surface area contributed by atoms with E-state index in [2.05, 4.69) is 10.1 Å². The highest BCUT2D eigenvalue weighted by Crippen LogP contribution is 2.18. The number of nitrogens with zero attached hydrogens (tertiary/aromatic N) is 2. The molecule has 0 aliphatic rings. The van der Waals surface area contributed by atoms with Crippen molar-refractivity contribution in [3.63, 3.8) is 0 Å². The molecule has 0 aliphatic carbocycles. The van der Waals surface area contributed by atoms with Gasteiger partial charge in [0, 0.05) is 5.69 Å². The van der Waals surface area contributed by atoms with Crippen molar-refractivity contribution in [1.29, 1.82) is 0 Å². The zero-order chi connectivity index (χ0) is 10.7. The number of hydrogen-bond acceptors (Lipinski definition) is 3. The van der Waals surface area contributed by atoms with Crippen LogP contribution in [0.3, 0.4) is 0 Å². The first kappa shape index (κ1) is 10.8. The molecule has 0 fully saturated rings. The molecule has 0 saturated carbocycles. The number of hydrogen-bond donors (Lipinski definition) is 2. The molecule has 0 aromatic carbocycles. The fourth-order valence-corrected chi connectivity index (χ4v) is 1.27. The van der Waals surface area contributed by atoms with E-state index in [4.69, 9.17) is 22.5 Å². The molecule has 5 heteroatoms. The molecule has 0 radical (unpaired) electrons. The van der Waals surface area contributed by atoms with Crippen LogP contribution >= 0.6 is 11.6 Å². The van der Waals surface area contributed by atoms with Crippen LogP contribution in [0.5, 0.6) is 0 Å². The van der Waals surface area contributed by atoms with Gasteiger partial charge in [0.15, 0.2) is 5.84 Å². The molecule has 0 aliphatic heterocycles. The van der Waals surface area contributed by atoms with Gasteiger partial charge in [-0.1, -0.05) is 30.6 Å². The summed E-state index contributed by atoms with van der Waals surface area (Å²) < 4.78 is 0. The Kier molecular flexibility index (Phi) is 3.30. The lowest BCUT2D eigenvalue weighted by Gasteiger charge is -2.07. The van der Waals surface area contributed by atoms with E-state index in [-0.39, 0.29) is 11.0 Å². The summed E-state index contributed by atoms with van der Waals surface area (Å²) in [5, 5.41) is 11.6. The SMILES string of the molecule is CC(C)c1ccc(/C(N)=N/O)c(Cl)n1. The quantitative estimate of drug-likeness (QED) is 0.259. The molecule has 0 atom stereocenters. The number of oxime groups is 1. The summed E-state index contributed by atoms with van der Waals surface area (Å²) in [6.45, 7) is 4.03. The van der Waals surface area contributed by atoms with E-state index in [1.807, 2.05) is 19.9 Å². The van der Waals surface area contributed by atoms with Crippen molar-refractivity contribution in [2.24, 2.45) is 10.9 Å². The third-order valence-electron chi connectivity index (χ3n) is 1.85. The Morgan fingerprint density at radius 1 is 1.57 bits per heavy atom. The Morgan fingerprint density at radius 3 is 2.64 bits per heavy atom. The van der Waals surface area contributed by atoms with Crippen molar-refractivity contribution in [2.75, 3.05) is 0 Å². The molecule has 0 saturated heterocycles. The Hall–Kier alpha value is -1.29. The Morgan fingerprint density at radius 2 is 2.21 bits per heavy atom. The summed E-state index contributed by atoms with van der Waals surface area (Å²) in [5.41, 5.74) is 6.72. The van der Waals surface area contributed by atoms with Gasteiger partial charge in [-0.05, 0) is 18.1 Å². The van der Waals surface area contributed by atoms with Crippen LogP contribution < -0.4 is 5.73 Å². The largest absolute Gasteiger partial charge is 0.409 e. The fourth-order valence-electron chi connectivity index (χ4n) is 1.01. The monoisotopic (exact) mass is 213 g/mol. The van der Waals surface area contributed by atoms with Gasteiger partial charge in [-0.2, -0.15) is 0 Å². The van der Waals surface area contributed by atoms with Gasteiger partial charge in [0.25, 0.3) is 0 Å². The van der Waals surface area contributed by atoms with Gasteiger partial charge in [0.1, 0.15) is 5.15 Å². The maximum atomic E-state index is 8.47. The lowest BCUT2D eigenvalue weighted by molar-refractivity contribution is 0.318. The van der Waals surface area contributed by atoms with Gasteiger partial charge in [-0.15, -0.1) is 0 Å². The Balaban J connectivity index is 3.14. The minimum atomic E-state index is -0.0298. The van der Waals surface area contributed by atoms with E-state index in [1.165, 1.54) is 0 Å². The second-order valence-electron chi connectivity index (χ2n) is 3.21. The molecule has 4 nitrogen and oxygen atoms in total. The van der Waals surface area contributed by atoms with E-state index in [9.17, 15) is 0 Å². The third kappa shape index (κ3) is 2.14. The average molecular weight is 214 g/mol. The highest BCUT2D eigenvalue weighted by molar-refractivity contribution is 6.32. The molecule has 0 amide bonds. The van der Waals surface area contributed by atoms with Gasteiger partial charge < -0.3 is 10.9 Å². The molecule has 0 unspecified atom stereocenters. The summed E-state index contributed by atoms with van der Waals surface area (Å²) in [6.07, 6.45) is 0. The number of pyridine rings is 1. The van der Waals surface area contributed by atoms with Crippen molar-refractivity contribution >= 4 is 17.4 Å². The summed E-state index contributed by atoms with van der Waals surface area (Å²) in [5.74, 6) is 0.270. The van der Waals surface area contributed by atoms with E-state index in [0.29, 0.717) is 11.5 Å². The van der Waals surface area contributed by atoms with Crippen molar-refractivity contribution in [3.05, 3.63) is 28.5 Å². The Bertz CT molecular complexity index is 363. The van der Waals surface area contributed by atoms with Crippen LogP contribution in [0.4, 0.5) is 0 Å². The van der Waals surface area contributed by atoms with Crippen LogP contribution in [-0.4, -0.2) is 16.0 Å². The molecule has 1 heterocycles. The molecule has 1 aromatic rings. The Labute approximate surface area is 87.4 Å². The highest BCUT2D eigenvalue weighted by Gasteiger charge is 2.09. The normalized spacial score (nSPS) is 12.1. The minimum absolute atomic E-state index is 0.0298. The van der Waals surface area contributed by atoms with Gasteiger partial charge >= 0.3 is 0 Å². The van der Waals surface area contributed by atoms with Gasteiger partial charge in [0.2, 0.25) is 0 Å². The molecule has 3 N–H and O–H groups in total. The predicted octanol–water partition coefficient (Wildman–Crippen LogP) is 1.95. The number of halogens is 1. The number of amidine groups is 1. The zero-order valence-corrected chi connectivity index (χ0v) is 8.78. The lowest BCUT2D eigenvalue weighted by atomic mass is 10.1. The molecular weight excluding hydrogens is 202 g/mol. The van der Waals surface area contributed by atoms with E-state index in [0.717, 1.165) is 5.69 Å². The van der Waals surface area contributed by atoms with E-state index in [1.54, 1.807) is 6.07 Å². The van der Waals surface area contributed by atoms with Crippen LogP contribution in [-0.2, 0) is 0 Å². The van der Waals surface area contributed by atoms with Crippen LogP contribution in [0.1, 0.15) is 31.0 Å². The van der Waals surface area contributed by atoms with E-state index >= 15 is 0 Å². The molecule has 76 valence electrons. The molecule has 0 spiro atoms. The number of nitrogens with two attached hydrogens (primary N) is 1. The number of aromatic nitrogens is 1. The standard InChI is InChI=1S/C9H12ClN3O/c1-5(2)7-4-3-6(8(10)12-7)9(11)13-14/h3-5,14H,1-2H3,(H2,11,13). The first-order valence-electron chi connectivity index (χ1n) is 4.20. The van der Waals surface area contributed by atoms with Gasteiger partial charge in [-0.3, -0.25) is 0 Å². The summed E-state index contributed by atoms with van der Waals surface area (Å²) in [4.78, 5) is 4.14. The van der Waals surface area contributed by atoms with Crippen LogP contribution in [0.2, 0.25) is 5.15 Å². The van der Waals surface area contributed by atoms with Crippen molar-refractivity contribution in [1.82, 2.24) is 4.98 Å². The summed E-state index contributed by atoms with van der Waals surface area (Å²) in [7, 11) is 0. The van der Waals surface area contributed by atoms with Crippen LogP contribution in [0.15, 0.2) is 17.3 Å². The van der Waals surface area contributed by atoms with Crippen molar-refractivity contribution < 1.29 is 5.21 Å². The van der Waals surface area contributed by atoms with Crippen LogP contribution in [0.25, 0.3) is 0 Å². The average Bonchev–Trinajstić information content (AvgIpc) is 2.16. The zero-order valence-electron chi connectivity index (χ0n) is 8.03. The second-order valence-corrected chi connectivity index (χ2v) is 3.57. The number of rotatable bonds is 2. The smallest absolute Gasteiger partial charge is 0.173 e. The molecule has 0 bridgehead atoms. The summed E-state index contributed by atoms with van der Waals surface area (Å²) in [6, 6.07) is 3.50. The molecular formula is C9H12ClN3O. The van der Waals surface area contributed by atoms with Gasteiger partial charge in [0.05, 0.1) is 5.56 Å². The van der Waals surface area contributed by atoms with Gasteiger partial charge in [-0.25, -0.2) is 4.98 Å². The first-order valence-corrected chi connectivity index (χ1v) is 4.58. The lowest BCUT2D eigenvalue weighted by Crippen LogP contribution is -2.14. The van der Waals surface area contributed by atoms with Crippen molar-refractivity contribution in [3.8, 4) is 0 Å². The van der Waals surface area contributed by atoms with Crippen LogP contribution in [0, 0.1) is 0 Å². The molecule has 1 aromatic heterocycles. The maximum absolute atomic E-state index is 8.47. The second kappa shape index (κ2) is 4.28. The maximum Gasteiger partial charge on any atom is 0.173 e. The summed E-state index contributed by atoms with van der Waals surface area (Å²) >= 11 is 5.86. The third-order valence-corrected chi connectivity index (χ3v) is 2.13. The fraction of sp³-hybridized carbons (Fsp3) is 0.333. The molecule has 14 heavy (non-hydrogen) atoms. The minimum Gasteiger partial charge on any atom is -0.409 e. The van der Waals surface area contributed by atoms with E-state index < -0.39 is 0 Å². The highest BCUT2D eigenvalue weighted by atomic mass is 35.5. The first-order chi connectivity index (χ1) is 6.56. The molecule has 1 rings (SSSR count).